The van der Waals surface area contributed by atoms with Crippen LogP contribution < -0.4 is 4.74 Å². The second-order valence-corrected chi connectivity index (χ2v) is 6.53. The molecule has 1 heterocycles. The first-order chi connectivity index (χ1) is 12.0. The topological polar surface area (TPSA) is 49.9 Å². The van der Waals surface area contributed by atoms with Crippen molar-refractivity contribution in [1.29, 1.82) is 0 Å². The fourth-order valence-corrected chi connectivity index (χ4v) is 3.11. The van der Waals surface area contributed by atoms with Crippen LogP contribution >= 0.6 is 0 Å². The molecular weight excluding hydrogens is 323 g/mol. The van der Waals surface area contributed by atoms with Crippen molar-refractivity contribution in [2.75, 3.05) is 33.8 Å². The van der Waals surface area contributed by atoms with Gasteiger partial charge in [0, 0.05) is 38.7 Å². The molecule has 0 saturated carbocycles. The number of hydrogen-bond donors (Lipinski definition) is 0. The van der Waals surface area contributed by atoms with Gasteiger partial charge in [-0.05, 0) is 31.4 Å². The van der Waals surface area contributed by atoms with Crippen LogP contribution in [-0.4, -0.2) is 55.4 Å². The molecule has 1 aliphatic heterocycles. The predicted octanol–water partition coefficient (Wildman–Crippen LogP) is 2.95. The first-order valence-electron chi connectivity index (χ1n) is 8.85. The Morgan fingerprint density at radius 3 is 2.56 bits per heavy atom. The third-order valence-corrected chi connectivity index (χ3v) is 4.76. The number of carbonyl (C=O) groups is 2. The summed E-state index contributed by atoms with van der Waals surface area (Å²) in [4.78, 5) is 28.4. The van der Waals surface area contributed by atoms with E-state index < -0.39 is 5.82 Å². The van der Waals surface area contributed by atoms with Crippen molar-refractivity contribution in [3.05, 3.63) is 29.6 Å². The number of halogens is 1. The van der Waals surface area contributed by atoms with E-state index in [1.165, 1.54) is 19.2 Å². The summed E-state index contributed by atoms with van der Waals surface area (Å²) in [6.07, 6.45) is 3.30. The average Bonchev–Trinajstić information content (AvgIpc) is 2.64. The van der Waals surface area contributed by atoms with E-state index in [1.54, 1.807) is 15.9 Å². The normalized spacial score (nSPS) is 15.1. The van der Waals surface area contributed by atoms with Crippen LogP contribution in [0.25, 0.3) is 0 Å². The summed E-state index contributed by atoms with van der Waals surface area (Å²) in [5, 5.41) is 0. The molecule has 2 amide bonds. The van der Waals surface area contributed by atoms with Gasteiger partial charge >= 0.3 is 0 Å². The monoisotopic (exact) mass is 350 g/mol. The lowest BCUT2D eigenvalue weighted by Crippen LogP contribution is -2.43. The third kappa shape index (κ3) is 4.71. The molecule has 0 atom stereocenters. The second-order valence-electron chi connectivity index (χ2n) is 6.53. The standard InChI is InChI=1S/C19H27FN2O3/c1-4-5-10-21(2)18(23)14-8-11-22(12-9-14)19(24)16-7-6-15(25-3)13-17(16)20/h6-7,13-14H,4-5,8-12H2,1-3H3. The summed E-state index contributed by atoms with van der Waals surface area (Å²) >= 11 is 0. The zero-order valence-electron chi connectivity index (χ0n) is 15.3. The molecule has 1 aromatic rings. The number of benzene rings is 1. The molecule has 1 saturated heterocycles. The van der Waals surface area contributed by atoms with Crippen molar-refractivity contribution >= 4 is 11.8 Å². The van der Waals surface area contributed by atoms with Crippen LogP contribution in [0, 0.1) is 11.7 Å². The SMILES string of the molecule is CCCCN(C)C(=O)C1CCN(C(=O)c2ccc(OC)cc2F)CC1. The van der Waals surface area contributed by atoms with E-state index in [1.807, 2.05) is 7.05 Å². The minimum atomic E-state index is -0.582. The summed E-state index contributed by atoms with van der Waals surface area (Å²) in [7, 11) is 3.29. The van der Waals surface area contributed by atoms with E-state index in [-0.39, 0.29) is 23.3 Å². The fourth-order valence-electron chi connectivity index (χ4n) is 3.11. The highest BCUT2D eigenvalue weighted by Crippen LogP contribution is 2.23. The Kier molecular flexibility index (Phi) is 6.79. The smallest absolute Gasteiger partial charge is 0.256 e. The van der Waals surface area contributed by atoms with E-state index in [0.717, 1.165) is 19.4 Å². The summed E-state index contributed by atoms with van der Waals surface area (Å²) in [5.74, 6) is -0.427. The Hall–Kier alpha value is -2.11. The molecule has 1 fully saturated rings. The van der Waals surface area contributed by atoms with Crippen LogP contribution in [-0.2, 0) is 4.79 Å². The number of nitrogens with zero attached hydrogens (tertiary/aromatic N) is 2. The van der Waals surface area contributed by atoms with Crippen molar-refractivity contribution in [3.8, 4) is 5.75 Å². The van der Waals surface area contributed by atoms with E-state index in [0.29, 0.717) is 31.7 Å². The van der Waals surface area contributed by atoms with Crippen molar-refractivity contribution in [1.82, 2.24) is 9.80 Å². The molecule has 0 aliphatic carbocycles. The van der Waals surface area contributed by atoms with Crippen molar-refractivity contribution in [2.24, 2.45) is 5.92 Å². The molecule has 1 aliphatic rings. The average molecular weight is 350 g/mol. The van der Waals surface area contributed by atoms with E-state index in [9.17, 15) is 14.0 Å². The maximum Gasteiger partial charge on any atom is 0.256 e. The minimum absolute atomic E-state index is 0.0469. The van der Waals surface area contributed by atoms with Crippen LogP contribution in [0.4, 0.5) is 4.39 Å². The maximum absolute atomic E-state index is 14.1. The summed E-state index contributed by atoms with van der Waals surface area (Å²) < 4.78 is 19.0. The van der Waals surface area contributed by atoms with Crippen LogP contribution in [0.3, 0.4) is 0 Å². The molecule has 0 bridgehead atoms. The van der Waals surface area contributed by atoms with Crippen LogP contribution in [0.15, 0.2) is 18.2 Å². The number of rotatable bonds is 6. The van der Waals surface area contributed by atoms with Gasteiger partial charge in [-0.2, -0.15) is 0 Å². The van der Waals surface area contributed by atoms with Gasteiger partial charge in [0.25, 0.3) is 5.91 Å². The highest BCUT2D eigenvalue weighted by molar-refractivity contribution is 5.94. The van der Waals surface area contributed by atoms with Crippen molar-refractivity contribution in [2.45, 2.75) is 32.6 Å². The number of methoxy groups -OCH3 is 1. The lowest BCUT2D eigenvalue weighted by molar-refractivity contribution is -0.135. The van der Waals surface area contributed by atoms with E-state index >= 15 is 0 Å². The van der Waals surface area contributed by atoms with Crippen LogP contribution in [0.1, 0.15) is 43.0 Å². The number of amides is 2. The molecule has 1 aromatic carbocycles. The van der Waals surface area contributed by atoms with Gasteiger partial charge in [-0.3, -0.25) is 9.59 Å². The number of likely N-dealkylation sites (tertiary alicyclic amines) is 1. The first-order valence-corrected chi connectivity index (χ1v) is 8.85. The molecule has 0 unspecified atom stereocenters. The lowest BCUT2D eigenvalue weighted by Gasteiger charge is -2.33. The van der Waals surface area contributed by atoms with Crippen LogP contribution in [0.5, 0.6) is 5.75 Å². The molecule has 138 valence electrons. The predicted molar refractivity (Wildman–Crippen MR) is 94.1 cm³/mol. The largest absolute Gasteiger partial charge is 0.497 e. The number of unbranched alkanes of at least 4 members (excludes halogenated alkanes) is 1. The second kappa shape index (κ2) is 8.83. The molecule has 0 N–H and O–H groups in total. The van der Waals surface area contributed by atoms with Gasteiger partial charge in [-0.25, -0.2) is 4.39 Å². The molecule has 25 heavy (non-hydrogen) atoms. The molecule has 0 radical (unpaired) electrons. The van der Waals surface area contributed by atoms with E-state index in [2.05, 4.69) is 6.92 Å². The number of carbonyl (C=O) groups excluding carboxylic acids is 2. The zero-order chi connectivity index (χ0) is 18.4. The van der Waals surface area contributed by atoms with Gasteiger partial charge in [-0.15, -0.1) is 0 Å². The highest BCUT2D eigenvalue weighted by Gasteiger charge is 2.30. The molecule has 0 spiro atoms. The van der Waals surface area contributed by atoms with Gasteiger partial charge in [-0.1, -0.05) is 13.3 Å². The van der Waals surface area contributed by atoms with Crippen molar-refractivity contribution in [3.63, 3.8) is 0 Å². The number of hydrogen-bond acceptors (Lipinski definition) is 3. The van der Waals surface area contributed by atoms with Crippen molar-refractivity contribution < 1.29 is 18.7 Å². The Morgan fingerprint density at radius 1 is 1.32 bits per heavy atom. The molecule has 0 aromatic heterocycles. The lowest BCUT2D eigenvalue weighted by atomic mass is 9.94. The quantitative estimate of drug-likeness (QED) is 0.793. The third-order valence-electron chi connectivity index (χ3n) is 4.76. The summed E-state index contributed by atoms with van der Waals surface area (Å²) in [6, 6.07) is 4.24. The van der Waals surface area contributed by atoms with E-state index in [4.69, 9.17) is 4.74 Å². The van der Waals surface area contributed by atoms with Crippen LogP contribution in [0.2, 0.25) is 0 Å². The van der Waals surface area contributed by atoms with Gasteiger partial charge in [0.15, 0.2) is 0 Å². The van der Waals surface area contributed by atoms with Gasteiger partial charge in [0.2, 0.25) is 5.91 Å². The Morgan fingerprint density at radius 2 is 2.00 bits per heavy atom. The first kappa shape index (κ1) is 19.2. The van der Waals surface area contributed by atoms with Gasteiger partial charge in [0.05, 0.1) is 12.7 Å². The highest BCUT2D eigenvalue weighted by atomic mass is 19.1. The Bertz CT molecular complexity index is 613. The molecular formula is C19H27FN2O3. The molecule has 5 nitrogen and oxygen atoms in total. The molecule has 2 rings (SSSR count). The Balaban J connectivity index is 1.93. The Labute approximate surface area is 148 Å². The minimum Gasteiger partial charge on any atom is -0.497 e. The number of ether oxygens (including phenoxy) is 1. The summed E-state index contributed by atoms with van der Waals surface area (Å²) in [6.45, 7) is 3.82. The van der Waals surface area contributed by atoms with Gasteiger partial charge in [0.1, 0.15) is 11.6 Å². The summed E-state index contributed by atoms with van der Waals surface area (Å²) in [5.41, 5.74) is 0.0469. The van der Waals surface area contributed by atoms with Gasteiger partial charge < -0.3 is 14.5 Å². The maximum atomic E-state index is 14.1. The molecule has 6 heteroatoms. The zero-order valence-corrected chi connectivity index (χ0v) is 15.3. The fraction of sp³-hybridized carbons (Fsp3) is 0.579. The number of piperidine rings is 1.